The van der Waals surface area contributed by atoms with Gasteiger partial charge in [0, 0.05) is 26.2 Å². The molecule has 0 saturated carbocycles. The second-order valence-electron chi connectivity index (χ2n) is 4.79. The number of benzene rings is 1. The van der Waals surface area contributed by atoms with Gasteiger partial charge >= 0.3 is 0 Å². The number of piperazine rings is 1. The SMILES string of the molecule is C(#Cc1ccnn1-c1ccccc1)CN1CCNCC1. The van der Waals surface area contributed by atoms with Crippen molar-refractivity contribution in [1.29, 1.82) is 0 Å². The van der Waals surface area contributed by atoms with E-state index in [9.17, 15) is 0 Å². The normalized spacial score (nSPS) is 15.6. The van der Waals surface area contributed by atoms with Gasteiger partial charge < -0.3 is 5.32 Å². The molecule has 1 aliphatic heterocycles. The third-order valence-corrected chi connectivity index (χ3v) is 3.37. The lowest BCUT2D eigenvalue weighted by Gasteiger charge is -2.24. The van der Waals surface area contributed by atoms with Gasteiger partial charge in [-0.25, -0.2) is 4.68 Å². The Balaban J connectivity index is 1.71. The number of hydrogen-bond donors (Lipinski definition) is 1. The molecule has 0 unspecified atom stereocenters. The summed E-state index contributed by atoms with van der Waals surface area (Å²) in [6, 6.07) is 12.0. The molecule has 102 valence electrons. The number of hydrogen-bond acceptors (Lipinski definition) is 3. The summed E-state index contributed by atoms with van der Waals surface area (Å²) in [5, 5.41) is 7.69. The molecule has 1 aromatic carbocycles. The van der Waals surface area contributed by atoms with Crippen LogP contribution in [0, 0.1) is 11.8 Å². The zero-order valence-corrected chi connectivity index (χ0v) is 11.4. The number of aromatic nitrogens is 2. The fourth-order valence-corrected chi connectivity index (χ4v) is 2.28. The Morgan fingerprint density at radius 2 is 1.90 bits per heavy atom. The molecule has 0 amide bonds. The predicted octanol–water partition coefficient (Wildman–Crippen LogP) is 1.13. The van der Waals surface area contributed by atoms with E-state index in [-0.39, 0.29) is 0 Å². The molecule has 1 aromatic heterocycles. The first kappa shape index (κ1) is 12.9. The second-order valence-corrected chi connectivity index (χ2v) is 4.79. The quantitative estimate of drug-likeness (QED) is 0.827. The Hall–Kier alpha value is -2.09. The average Bonchev–Trinajstić information content (AvgIpc) is 2.98. The molecule has 1 saturated heterocycles. The lowest BCUT2D eigenvalue weighted by atomic mass is 10.3. The maximum Gasteiger partial charge on any atom is 0.117 e. The van der Waals surface area contributed by atoms with Crippen molar-refractivity contribution in [2.75, 3.05) is 32.7 Å². The van der Waals surface area contributed by atoms with Crippen LogP contribution < -0.4 is 5.32 Å². The zero-order chi connectivity index (χ0) is 13.6. The molecule has 0 bridgehead atoms. The molecular weight excluding hydrogens is 248 g/mol. The predicted molar refractivity (Wildman–Crippen MR) is 79.8 cm³/mol. The molecular formula is C16H18N4. The molecule has 2 heterocycles. The molecule has 1 aliphatic rings. The first-order valence-corrected chi connectivity index (χ1v) is 6.95. The van der Waals surface area contributed by atoms with Gasteiger partial charge in [0.2, 0.25) is 0 Å². The minimum absolute atomic E-state index is 0.821. The van der Waals surface area contributed by atoms with Crippen molar-refractivity contribution < 1.29 is 0 Å². The summed E-state index contributed by atoms with van der Waals surface area (Å²) < 4.78 is 1.88. The second kappa shape index (κ2) is 6.38. The van der Waals surface area contributed by atoms with Gasteiger partial charge in [-0.05, 0) is 24.1 Å². The van der Waals surface area contributed by atoms with Gasteiger partial charge in [-0.3, -0.25) is 4.90 Å². The van der Waals surface area contributed by atoms with Crippen LogP contribution >= 0.6 is 0 Å². The highest BCUT2D eigenvalue weighted by atomic mass is 15.3. The number of nitrogens with one attached hydrogen (secondary N) is 1. The highest BCUT2D eigenvalue weighted by Gasteiger charge is 2.07. The summed E-state index contributed by atoms with van der Waals surface area (Å²) in [7, 11) is 0. The van der Waals surface area contributed by atoms with Crippen LogP contribution in [0.1, 0.15) is 5.69 Å². The molecule has 0 atom stereocenters. The molecule has 0 aliphatic carbocycles. The van der Waals surface area contributed by atoms with Crippen LogP contribution in [0.3, 0.4) is 0 Å². The van der Waals surface area contributed by atoms with Crippen molar-refractivity contribution in [2.45, 2.75) is 0 Å². The molecule has 0 spiro atoms. The Morgan fingerprint density at radius 1 is 1.10 bits per heavy atom. The lowest BCUT2D eigenvalue weighted by molar-refractivity contribution is 0.268. The summed E-state index contributed by atoms with van der Waals surface area (Å²) in [6.07, 6.45) is 1.79. The fraction of sp³-hybridized carbons (Fsp3) is 0.312. The van der Waals surface area contributed by atoms with E-state index >= 15 is 0 Å². The van der Waals surface area contributed by atoms with Crippen LogP contribution in [0.2, 0.25) is 0 Å². The van der Waals surface area contributed by atoms with E-state index < -0.39 is 0 Å². The van der Waals surface area contributed by atoms with Crippen LogP contribution in [0.5, 0.6) is 0 Å². The number of nitrogens with zero attached hydrogens (tertiary/aromatic N) is 3. The van der Waals surface area contributed by atoms with Crippen molar-refractivity contribution in [2.24, 2.45) is 0 Å². The zero-order valence-electron chi connectivity index (χ0n) is 11.4. The van der Waals surface area contributed by atoms with Crippen LogP contribution in [0.4, 0.5) is 0 Å². The first-order chi connectivity index (χ1) is 9.93. The van der Waals surface area contributed by atoms with Gasteiger partial charge in [0.25, 0.3) is 0 Å². The highest BCUT2D eigenvalue weighted by molar-refractivity contribution is 5.38. The van der Waals surface area contributed by atoms with E-state index in [1.54, 1.807) is 6.20 Å². The Labute approximate surface area is 119 Å². The average molecular weight is 266 g/mol. The summed E-state index contributed by atoms with van der Waals surface area (Å²) in [5.74, 6) is 6.48. The largest absolute Gasteiger partial charge is 0.314 e. The van der Waals surface area contributed by atoms with Crippen molar-refractivity contribution in [3.63, 3.8) is 0 Å². The summed E-state index contributed by atoms with van der Waals surface area (Å²) in [6.45, 7) is 5.09. The Morgan fingerprint density at radius 3 is 2.70 bits per heavy atom. The fourth-order valence-electron chi connectivity index (χ4n) is 2.28. The molecule has 4 heteroatoms. The third-order valence-electron chi connectivity index (χ3n) is 3.37. The highest BCUT2D eigenvalue weighted by Crippen LogP contribution is 2.08. The van der Waals surface area contributed by atoms with Gasteiger partial charge in [-0.1, -0.05) is 24.1 Å². The smallest absolute Gasteiger partial charge is 0.117 e. The standard InChI is InChI=1S/C16H18N4/c1-2-5-15(6-3-1)20-16(8-9-18-20)7-4-12-19-13-10-17-11-14-19/h1-3,5-6,8-9,17H,10-14H2. The Kier molecular flexibility index (Phi) is 4.12. The molecule has 3 rings (SSSR count). The van der Waals surface area contributed by atoms with Gasteiger partial charge in [0.15, 0.2) is 0 Å². The van der Waals surface area contributed by atoms with E-state index in [1.165, 1.54) is 0 Å². The molecule has 20 heavy (non-hydrogen) atoms. The third kappa shape index (κ3) is 3.08. The molecule has 0 radical (unpaired) electrons. The van der Waals surface area contributed by atoms with Crippen molar-refractivity contribution in [3.05, 3.63) is 48.3 Å². The molecule has 1 N–H and O–H groups in total. The molecule has 2 aromatic rings. The number of para-hydroxylation sites is 1. The van der Waals surface area contributed by atoms with Gasteiger partial charge in [-0.15, -0.1) is 0 Å². The van der Waals surface area contributed by atoms with Gasteiger partial charge in [-0.2, -0.15) is 5.10 Å². The molecule has 1 fully saturated rings. The maximum atomic E-state index is 4.34. The van der Waals surface area contributed by atoms with Gasteiger partial charge in [0.05, 0.1) is 18.4 Å². The van der Waals surface area contributed by atoms with Crippen molar-refractivity contribution in [3.8, 4) is 17.5 Å². The minimum Gasteiger partial charge on any atom is -0.314 e. The summed E-state index contributed by atoms with van der Waals surface area (Å²) >= 11 is 0. The van der Waals surface area contributed by atoms with E-state index in [0.717, 1.165) is 44.1 Å². The van der Waals surface area contributed by atoms with Crippen LogP contribution in [0.15, 0.2) is 42.6 Å². The first-order valence-electron chi connectivity index (χ1n) is 6.95. The minimum atomic E-state index is 0.821. The lowest BCUT2D eigenvalue weighted by Crippen LogP contribution is -2.43. The summed E-state index contributed by atoms with van der Waals surface area (Å²) in [5.41, 5.74) is 1.98. The van der Waals surface area contributed by atoms with Crippen molar-refractivity contribution in [1.82, 2.24) is 20.0 Å². The van der Waals surface area contributed by atoms with Crippen LogP contribution in [-0.4, -0.2) is 47.4 Å². The van der Waals surface area contributed by atoms with Crippen LogP contribution in [-0.2, 0) is 0 Å². The van der Waals surface area contributed by atoms with Gasteiger partial charge in [0.1, 0.15) is 5.69 Å². The Bertz CT molecular complexity index is 600. The maximum absolute atomic E-state index is 4.34. The number of rotatable bonds is 2. The van der Waals surface area contributed by atoms with E-state index in [0.29, 0.717) is 0 Å². The monoisotopic (exact) mass is 266 g/mol. The van der Waals surface area contributed by atoms with Crippen LogP contribution in [0.25, 0.3) is 5.69 Å². The van der Waals surface area contributed by atoms with E-state index in [4.69, 9.17) is 0 Å². The van der Waals surface area contributed by atoms with Crippen molar-refractivity contribution >= 4 is 0 Å². The molecule has 4 nitrogen and oxygen atoms in total. The van der Waals surface area contributed by atoms with E-state index in [1.807, 2.05) is 41.1 Å². The van der Waals surface area contributed by atoms with E-state index in [2.05, 4.69) is 27.2 Å². The topological polar surface area (TPSA) is 33.1 Å². The summed E-state index contributed by atoms with van der Waals surface area (Å²) in [4.78, 5) is 2.37.